The fraction of sp³-hybridized carbons (Fsp3) is 0. The van der Waals surface area contributed by atoms with Crippen LogP contribution in [0.15, 0.2) is 127 Å². The van der Waals surface area contributed by atoms with Crippen LogP contribution < -0.4 is 0 Å². The van der Waals surface area contributed by atoms with E-state index in [0.29, 0.717) is 16.9 Å². The maximum Gasteiger partial charge on any atom is 0.165 e. The van der Waals surface area contributed by atoms with Crippen LogP contribution >= 0.6 is 11.3 Å². The van der Waals surface area contributed by atoms with Crippen molar-refractivity contribution in [2.24, 2.45) is 0 Å². The summed E-state index contributed by atoms with van der Waals surface area (Å²) < 4.78 is 47.3. The van der Waals surface area contributed by atoms with Gasteiger partial charge in [-0.25, -0.2) is 9.97 Å². The average molecular weight is 533 g/mol. The highest BCUT2D eigenvalue weighted by molar-refractivity contribution is 7.27. The number of para-hydroxylation sites is 3. The highest BCUT2D eigenvalue weighted by atomic mass is 32.1. The number of thiophene rings is 1. The number of hydrogen-bond acceptors (Lipinski definition) is 3. The molecule has 0 saturated heterocycles. The summed E-state index contributed by atoms with van der Waals surface area (Å²) in [7, 11) is 0. The van der Waals surface area contributed by atoms with E-state index in [1.807, 2.05) is 48.5 Å². The van der Waals surface area contributed by atoms with E-state index in [1.165, 1.54) is 15.5 Å². The summed E-state index contributed by atoms with van der Waals surface area (Å²) >= 11 is 1.76. The highest BCUT2D eigenvalue weighted by Crippen LogP contribution is 2.48. The zero-order chi connectivity index (χ0) is 30.6. The van der Waals surface area contributed by atoms with E-state index in [1.54, 1.807) is 11.3 Å². The number of hydrogen-bond donors (Lipinski definition) is 0. The summed E-state index contributed by atoms with van der Waals surface area (Å²) in [4.78, 5) is 10.1. The predicted molar refractivity (Wildman–Crippen MR) is 170 cm³/mol. The van der Waals surface area contributed by atoms with Crippen molar-refractivity contribution in [3.63, 3.8) is 0 Å². The second-order valence-electron chi connectivity index (χ2n) is 9.81. The molecule has 0 aliphatic carbocycles. The van der Waals surface area contributed by atoms with Gasteiger partial charge in [0.2, 0.25) is 0 Å². The van der Waals surface area contributed by atoms with Crippen LogP contribution in [0.1, 0.15) is 6.85 Å². The van der Waals surface area contributed by atoms with Gasteiger partial charge in [0.25, 0.3) is 0 Å². The maximum atomic E-state index is 8.88. The first-order valence-electron chi connectivity index (χ1n) is 15.5. The van der Waals surface area contributed by atoms with E-state index in [0.717, 1.165) is 37.3 Å². The standard InChI is InChI=1S/C36H21N3S/c1-2-12-22(13-3-1)33-36(38-28-19-9-8-18-27(28)37-33)39-29-20-10-6-16-25(29)32-34(39)24-15-5-4-14-23(24)31-26-17-7-11-21-30(26)40-35(31)32/h1-21H/i1D,2D,3D,12D,13D. The van der Waals surface area contributed by atoms with Gasteiger partial charge < -0.3 is 0 Å². The van der Waals surface area contributed by atoms with Crippen LogP contribution in [-0.2, 0) is 0 Å². The Bertz CT molecular complexity index is 2700. The minimum absolute atomic E-state index is 0.0208. The third-order valence-electron chi connectivity index (χ3n) is 7.65. The second kappa shape index (κ2) is 8.22. The molecule has 0 radical (unpaired) electrons. The minimum atomic E-state index is -0.445. The molecule has 4 heteroatoms. The molecular formula is C36H21N3S. The van der Waals surface area contributed by atoms with Crippen molar-refractivity contribution in [3.8, 4) is 17.1 Å². The van der Waals surface area contributed by atoms with Crippen molar-refractivity contribution < 1.29 is 6.85 Å². The highest BCUT2D eigenvalue weighted by Gasteiger charge is 2.24. The molecule has 0 fully saturated rings. The second-order valence-corrected chi connectivity index (χ2v) is 10.9. The lowest BCUT2D eigenvalue weighted by Crippen LogP contribution is -2.04. The fourth-order valence-electron chi connectivity index (χ4n) is 6.02. The molecule has 0 spiro atoms. The quantitative estimate of drug-likeness (QED) is 0.222. The summed E-state index contributed by atoms with van der Waals surface area (Å²) in [5, 5.41) is 6.68. The Morgan fingerprint density at radius 3 is 2.08 bits per heavy atom. The Morgan fingerprint density at radius 2 is 1.25 bits per heavy atom. The number of nitrogens with zero attached hydrogens (tertiary/aromatic N) is 3. The molecule has 9 aromatic rings. The molecule has 6 aromatic carbocycles. The van der Waals surface area contributed by atoms with Gasteiger partial charge in [-0.15, -0.1) is 11.3 Å². The first-order chi connectivity index (χ1) is 21.9. The molecule has 3 nitrogen and oxygen atoms in total. The van der Waals surface area contributed by atoms with E-state index in [-0.39, 0.29) is 23.3 Å². The largest absolute Gasteiger partial charge is 0.291 e. The van der Waals surface area contributed by atoms with Crippen LogP contribution in [0.3, 0.4) is 0 Å². The van der Waals surface area contributed by atoms with Crippen molar-refractivity contribution in [1.29, 1.82) is 0 Å². The van der Waals surface area contributed by atoms with Crippen molar-refractivity contribution in [3.05, 3.63) is 127 Å². The van der Waals surface area contributed by atoms with Crippen LogP contribution in [0.25, 0.3) is 80.9 Å². The van der Waals surface area contributed by atoms with Gasteiger partial charge in [-0.05, 0) is 29.7 Å². The Hall–Kier alpha value is -5.06. The van der Waals surface area contributed by atoms with Crippen molar-refractivity contribution in [2.75, 3.05) is 0 Å². The van der Waals surface area contributed by atoms with Crippen LogP contribution in [0.5, 0.6) is 0 Å². The van der Waals surface area contributed by atoms with Gasteiger partial charge in [-0.1, -0.05) is 103 Å². The number of rotatable bonds is 2. The third kappa shape index (κ3) is 2.94. The van der Waals surface area contributed by atoms with E-state index in [2.05, 4.69) is 53.1 Å². The first-order valence-corrected chi connectivity index (χ1v) is 13.8. The summed E-state index contributed by atoms with van der Waals surface area (Å²) in [5.41, 5.74) is 3.29. The van der Waals surface area contributed by atoms with Gasteiger partial charge in [0.15, 0.2) is 5.82 Å². The van der Waals surface area contributed by atoms with Crippen LogP contribution in [-0.4, -0.2) is 14.5 Å². The van der Waals surface area contributed by atoms with Gasteiger partial charge in [-0.3, -0.25) is 4.57 Å². The van der Waals surface area contributed by atoms with Gasteiger partial charge in [0, 0.05) is 41.9 Å². The van der Waals surface area contributed by atoms with Gasteiger partial charge in [0.05, 0.1) is 28.9 Å². The molecule has 9 rings (SSSR count). The molecule has 0 unspecified atom stereocenters. The Balaban J connectivity index is 1.56. The van der Waals surface area contributed by atoms with Crippen molar-refractivity contribution >= 4 is 75.1 Å². The monoisotopic (exact) mass is 532 g/mol. The smallest absolute Gasteiger partial charge is 0.165 e. The summed E-state index contributed by atoms with van der Waals surface area (Å²) in [6.45, 7) is 0. The molecular weight excluding hydrogens is 506 g/mol. The fourth-order valence-corrected chi connectivity index (χ4v) is 7.30. The molecule has 0 aliphatic heterocycles. The molecule has 0 aliphatic rings. The molecule has 0 bridgehead atoms. The summed E-state index contributed by atoms with van der Waals surface area (Å²) in [6.07, 6.45) is 0. The molecule has 0 N–H and O–H groups in total. The molecule has 0 atom stereocenters. The molecule has 0 saturated carbocycles. The normalized spacial score (nSPS) is 13.8. The van der Waals surface area contributed by atoms with Gasteiger partial charge >= 0.3 is 0 Å². The molecule has 186 valence electrons. The SMILES string of the molecule is [2H]c1c([2H])c([2H])c(-c2nc3ccccc3nc2-n2c3ccccc3c3c4sc5ccccc5c4c4ccccc4c32)c([2H])c1[2H]. The molecule has 3 heterocycles. The van der Waals surface area contributed by atoms with E-state index in [4.69, 9.17) is 16.8 Å². The number of benzene rings is 6. The van der Waals surface area contributed by atoms with E-state index < -0.39 is 18.1 Å². The van der Waals surface area contributed by atoms with Crippen molar-refractivity contribution in [2.45, 2.75) is 0 Å². The zero-order valence-electron chi connectivity index (χ0n) is 26.0. The Labute approximate surface area is 240 Å². The van der Waals surface area contributed by atoms with Crippen LogP contribution in [0.2, 0.25) is 0 Å². The van der Waals surface area contributed by atoms with Gasteiger partial charge in [0.1, 0.15) is 5.69 Å². The lowest BCUT2D eigenvalue weighted by atomic mass is 10.00. The predicted octanol–water partition coefficient (Wildman–Crippen LogP) is 9.91. The molecule has 3 aromatic heterocycles. The topological polar surface area (TPSA) is 30.7 Å². The van der Waals surface area contributed by atoms with E-state index >= 15 is 0 Å². The number of aromatic nitrogens is 3. The molecule has 40 heavy (non-hydrogen) atoms. The number of fused-ring (bicyclic) bond motifs is 11. The lowest BCUT2D eigenvalue weighted by molar-refractivity contribution is 1.08. The third-order valence-corrected chi connectivity index (χ3v) is 8.84. The average Bonchev–Trinajstić information content (AvgIpc) is 3.63. The van der Waals surface area contributed by atoms with Crippen LogP contribution in [0, 0.1) is 0 Å². The zero-order valence-corrected chi connectivity index (χ0v) is 21.8. The summed E-state index contributed by atoms with van der Waals surface area (Å²) in [5.74, 6) is 0.407. The Morgan fingerprint density at radius 1 is 0.600 bits per heavy atom. The van der Waals surface area contributed by atoms with Crippen molar-refractivity contribution in [1.82, 2.24) is 14.5 Å². The van der Waals surface area contributed by atoms with E-state index in [9.17, 15) is 0 Å². The lowest BCUT2D eigenvalue weighted by Gasteiger charge is -2.15. The minimum Gasteiger partial charge on any atom is -0.291 e. The maximum absolute atomic E-state index is 8.88. The first kappa shape index (κ1) is 17.5. The Kier molecular flexibility index (Phi) is 3.60. The van der Waals surface area contributed by atoms with Crippen LogP contribution in [0.4, 0.5) is 0 Å². The van der Waals surface area contributed by atoms with Gasteiger partial charge in [-0.2, -0.15) is 0 Å². The molecule has 0 amide bonds. The summed E-state index contributed by atoms with van der Waals surface area (Å²) in [6, 6.07) is 30.6.